The van der Waals surface area contributed by atoms with E-state index < -0.39 is 10.0 Å². The van der Waals surface area contributed by atoms with Crippen LogP contribution in [0.5, 0.6) is 0 Å². The predicted molar refractivity (Wildman–Crippen MR) is 97.4 cm³/mol. The fourth-order valence-electron chi connectivity index (χ4n) is 3.01. The number of hydrogen-bond acceptors (Lipinski definition) is 4. The Hall–Kier alpha value is -2.34. The fourth-order valence-corrected chi connectivity index (χ4v) is 3.97. The van der Waals surface area contributed by atoms with Gasteiger partial charge in [0.15, 0.2) is 0 Å². The van der Waals surface area contributed by atoms with Crippen LogP contribution in [0.3, 0.4) is 0 Å². The molecule has 6 heteroatoms. The maximum absolute atomic E-state index is 12.2. The summed E-state index contributed by atoms with van der Waals surface area (Å²) in [6.07, 6.45) is 3.43. The molecule has 2 aromatic carbocycles. The van der Waals surface area contributed by atoms with E-state index in [-0.39, 0.29) is 5.97 Å². The van der Waals surface area contributed by atoms with Gasteiger partial charge in [-0.3, -0.25) is 4.31 Å². The number of rotatable bonds is 6. The van der Waals surface area contributed by atoms with E-state index in [1.807, 2.05) is 18.2 Å². The normalized spacial score (nSPS) is 13.6. The zero-order chi connectivity index (χ0) is 17.9. The third-order valence-corrected chi connectivity index (χ3v) is 5.43. The first kappa shape index (κ1) is 17.5. The molecule has 132 valence electrons. The van der Waals surface area contributed by atoms with Gasteiger partial charge in [-0.25, -0.2) is 13.2 Å². The van der Waals surface area contributed by atoms with Gasteiger partial charge >= 0.3 is 5.97 Å². The monoisotopic (exact) mass is 359 g/mol. The van der Waals surface area contributed by atoms with Gasteiger partial charge in [0.2, 0.25) is 10.0 Å². The summed E-state index contributed by atoms with van der Waals surface area (Å²) in [5, 5.41) is 0. The summed E-state index contributed by atoms with van der Waals surface area (Å²) in [5.74, 6) is -0.367. The van der Waals surface area contributed by atoms with Gasteiger partial charge in [0.25, 0.3) is 0 Å². The summed E-state index contributed by atoms with van der Waals surface area (Å²) < 4.78 is 30.2. The van der Waals surface area contributed by atoms with E-state index >= 15 is 0 Å². The average molecular weight is 359 g/mol. The molecule has 0 fully saturated rings. The van der Waals surface area contributed by atoms with Crippen LogP contribution in [0.2, 0.25) is 0 Å². The summed E-state index contributed by atoms with van der Waals surface area (Å²) in [4.78, 5) is 12.2. The van der Waals surface area contributed by atoms with Crippen LogP contribution < -0.4 is 4.31 Å². The SMILES string of the molecule is CS(=O)(=O)N1CCc2cc(C(=O)OCCCc3ccccc3)ccc21. The van der Waals surface area contributed by atoms with Crippen LogP contribution in [-0.2, 0) is 27.6 Å². The van der Waals surface area contributed by atoms with Gasteiger partial charge in [0.1, 0.15) is 0 Å². The van der Waals surface area contributed by atoms with Crippen LogP contribution in [0.4, 0.5) is 5.69 Å². The Labute approximate surface area is 148 Å². The second kappa shape index (κ2) is 7.27. The number of fused-ring (bicyclic) bond motifs is 1. The highest BCUT2D eigenvalue weighted by molar-refractivity contribution is 7.92. The quantitative estimate of drug-likeness (QED) is 0.588. The average Bonchev–Trinajstić information content (AvgIpc) is 3.03. The Balaban J connectivity index is 1.57. The van der Waals surface area contributed by atoms with Crippen molar-refractivity contribution in [3.63, 3.8) is 0 Å². The molecule has 0 N–H and O–H groups in total. The molecule has 2 aromatic rings. The fraction of sp³-hybridized carbons (Fsp3) is 0.316. The van der Waals surface area contributed by atoms with Crippen LogP contribution in [0, 0.1) is 0 Å². The maximum atomic E-state index is 12.2. The first-order valence-corrected chi connectivity index (χ1v) is 10.1. The standard InChI is InChI=1S/C19H21NO4S/c1-25(22,23)20-12-11-16-14-17(9-10-18(16)20)19(21)24-13-5-8-15-6-3-2-4-7-15/h2-4,6-7,9-10,14H,5,8,11-13H2,1H3. The maximum Gasteiger partial charge on any atom is 0.338 e. The highest BCUT2D eigenvalue weighted by Crippen LogP contribution is 2.30. The number of benzene rings is 2. The lowest BCUT2D eigenvalue weighted by molar-refractivity contribution is 0.0500. The molecule has 1 heterocycles. The number of carbonyl (C=O) groups is 1. The van der Waals surface area contributed by atoms with Gasteiger partial charge < -0.3 is 4.74 Å². The number of aryl methyl sites for hydroxylation is 1. The highest BCUT2D eigenvalue weighted by atomic mass is 32.2. The molecule has 25 heavy (non-hydrogen) atoms. The van der Waals surface area contributed by atoms with Crippen molar-refractivity contribution in [1.82, 2.24) is 0 Å². The summed E-state index contributed by atoms with van der Waals surface area (Å²) >= 11 is 0. The van der Waals surface area contributed by atoms with E-state index in [1.165, 1.54) is 16.1 Å². The van der Waals surface area contributed by atoms with E-state index in [0.29, 0.717) is 30.8 Å². The van der Waals surface area contributed by atoms with Crippen LogP contribution in [-0.4, -0.2) is 33.8 Å². The first-order valence-electron chi connectivity index (χ1n) is 8.27. The van der Waals surface area contributed by atoms with Crippen LogP contribution in [0.15, 0.2) is 48.5 Å². The second-order valence-electron chi connectivity index (χ2n) is 6.15. The third kappa shape index (κ3) is 4.20. The molecule has 0 bridgehead atoms. The first-order chi connectivity index (χ1) is 11.9. The molecule has 0 spiro atoms. The molecule has 3 rings (SSSR count). The van der Waals surface area contributed by atoms with Gasteiger partial charge in [-0.2, -0.15) is 0 Å². The Morgan fingerprint density at radius 3 is 2.64 bits per heavy atom. The molecular weight excluding hydrogens is 338 g/mol. The molecule has 0 radical (unpaired) electrons. The number of anilines is 1. The molecule has 0 aliphatic carbocycles. The van der Waals surface area contributed by atoms with Gasteiger partial charge in [-0.1, -0.05) is 30.3 Å². The van der Waals surface area contributed by atoms with E-state index in [0.717, 1.165) is 18.4 Å². The molecule has 0 unspecified atom stereocenters. The highest BCUT2D eigenvalue weighted by Gasteiger charge is 2.26. The molecular formula is C19H21NO4S. The number of ether oxygens (including phenoxy) is 1. The topological polar surface area (TPSA) is 63.7 Å². The van der Waals surface area contributed by atoms with Crippen molar-refractivity contribution in [2.75, 3.05) is 23.7 Å². The van der Waals surface area contributed by atoms with E-state index in [1.54, 1.807) is 18.2 Å². The van der Waals surface area contributed by atoms with E-state index in [4.69, 9.17) is 4.74 Å². The molecule has 0 aromatic heterocycles. The Kier molecular flexibility index (Phi) is 5.08. The number of hydrogen-bond donors (Lipinski definition) is 0. The minimum Gasteiger partial charge on any atom is -0.462 e. The summed E-state index contributed by atoms with van der Waals surface area (Å²) in [5.41, 5.74) is 3.21. The molecule has 1 aliphatic rings. The van der Waals surface area contributed by atoms with Crippen molar-refractivity contribution >= 4 is 21.7 Å². The number of sulfonamides is 1. The van der Waals surface area contributed by atoms with Crippen molar-refractivity contribution in [3.8, 4) is 0 Å². The van der Waals surface area contributed by atoms with Crippen LogP contribution in [0.25, 0.3) is 0 Å². The van der Waals surface area contributed by atoms with Crippen molar-refractivity contribution in [2.24, 2.45) is 0 Å². The van der Waals surface area contributed by atoms with Crippen molar-refractivity contribution in [1.29, 1.82) is 0 Å². The Morgan fingerprint density at radius 1 is 1.16 bits per heavy atom. The predicted octanol–water partition coefficient (Wildman–Crippen LogP) is 2.80. The summed E-state index contributed by atoms with van der Waals surface area (Å²) in [7, 11) is -3.28. The zero-order valence-corrected chi connectivity index (χ0v) is 15.0. The smallest absolute Gasteiger partial charge is 0.338 e. The summed E-state index contributed by atoms with van der Waals surface area (Å²) in [6.45, 7) is 0.782. The van der Waals surface area contributed by atoms with E-state index in [9.17, 15) is 13.2 Å². The number of carbonyl (C=O) groups excluding carboxylic acids is 1. The molecule has 0 amide bonds. The lowest BCUT2D eigenvalue weighted by Gasteiger charge is -2.16. The second-order valence-corrected chi connectivity index (χ2v) is 8.06. The molecule has 5 nitrogen and oxygen atoms in total. The van der Waals surface area contributed by atoms with Crippen LogP contribution in [0.1, 0.15) is 27.9 Å². The zero-order valence-electron chi connectivity index (χ0n) is 14.1. The van der Waals surface area contributed by atoms with Crippen molar-refractivity contribution < 1.29 is 17.9 Å². The largest absolute Gasteiger partial charge is 0.462 e. The lowest BCUT2D eigenvalue weighted by atomic mass is 10.1. The molecule has 1 aliphatic heterocycles. The van der Waals surface area contributed by atoms with E-state index in [2.05, 4.69) is 12.1 Å². The van der Waals surface area contributed by atoms with Gasteiger partial charge in [0.05, 0.1) is 24.1 Å². The van der Waals surface area contributed by atoms with Gasteiger partial charge in [-0.15, -0.1) is 0 Å². The molecule has 0 saturated carbocycles. The molecule has 0 atom stereocenters. The third-order valence-electron chi connectivity index (χ3n) is 4.25. The Bertz CT molecular complexity index is 862. The van der Waals surface area contributed by atoms with Crippen LogP contribution >= 0.6 is 0 Å². The van der Waals surface area contributed by atoms with Crippen molar-refractivity contribution in [3.05, 3.63) is 65.2 Å². The minimum absolute atomic E-state index is 0.361. The van der Waals surface area contributed by atoms with Gasteiger partial charge in [0, 0.05) is 6.54 Å². The number of esters is 1. The lowest BCUT2D eigenvalue weighted by Crippen LogP contribution is -2.27. The number of nitrogens with zero attached hydrogens (tertiary/aromatic N) is 1. The summed E-state index contributed by atoms with van der Waals surface area (Å²) in [6, 6.07) is 15.1. The molecule has 0 saturated heterocycles. The minimum atomic E-state index is -3.28. The van der Waals surface area contributed by atoms with Gasteiger partial charge in [-0.05, 0) is 48.6 Å². The Morgan fingerprint density at radius 2 is 1.92 bits per heavy atom. The van der Waals surface area contributed by atoms with Crippen molar-refractivity contribution in [2.45, 2.75) is 19.3 Å².